The van der Waals surface area contributed by atoms with Crippen LogP contribution in [0.5, 0.6) is 0 Å². The smallest absolute Gasteiger partial charge is 0.0591 e. The molecule has 1 aromatic carbocycles. The van der Waals surface area contributed by atoms with E-state index >= 15 is 0 Å². The minimum absolute atomic E-state index is 0.531. The van der Waals surface area contributed by atoms with Crippen molar-refractivity contribution >= 4 is 6.08 Å². The highest BCUT2D eigenvalue weighted by Gasteiger charge is 2.10. The summed E-state index contributed by atoms with van der Waals surface area (Å²) in [6.45, 7) is 5.82. The molecule has 0 heterocycles. The van der Waals surface area contributed by atoms with E-state index in [4.69, 9.17) is 0 Å². The van der Waals surface area contributed by atoms with Crippen molar-refractivity contribution in [1.29, 1.82) is 0 Å². The lowest BCUT2D eigenvalue weighted by molar-refractivity contribution is 0.0691. The molecule has 0 aromatic heterocycles. The number of allylic oxidation sites excluding steroid dienone is 1. The molecule has 0 atom stereocenters. The maximum Gasteiger partial charge on any atom is 0.0591 e. The van der Waals surface area contributed by atoms with E-state index in [-0.39, 0.29) is 0 Å². The van der Waals surface area contributed by atoms with Crippen molar-refractivity contribution in [1.82, 2.24) is 0 Å². The van der Waals surface area contributed by atoms with Crippen LogP contribution in [-0.4, -0.2) is 10.7 Å². The molecule has 0 spiro atoms. The zero-order valence-electron chi connectivity index (χ0n) is 10.5. The van der Waals surface area contributed by atoms with Gasteiger partial charge in [-0.3, -0.25) is 0 Å². The molecule has 0 aliphatic carbocycles. The number of hydrogen-bond donors (Lipinski definition) is 1. The highest BCUT2D eigenvalue weighted by Crippen LogP contribution is 2.13. The summed E-state index contributed by atoms with van der Waals surface area (Å²) in [7, 11) is 0. The first-order chi connectivity index (χ1) is 7.47. The lowest BCUT2D eigenvalue weighted by Crippen LogP contribution is -2.17. The monoisotopic (exact) mass is 218 g/mol. The molecule has 0 fully saturated rings. The summed E-state index contributed by atoms with van der Waals surface area (Å²) in [6.07, 6.45) is 7.24. The molecule has 1 nitrogen and oxygen atoms in total. The second-order valence-electron chi connectivity index (χ2n) is 5.02. The van der Waals surface area contributed by atoms with Crippen LogP contribution in [0, 0.1) is 6.92 Å². The van der Waals surface area contributed by atoms with Gasteiger partial charge in [0.2, 0.25) is 0 Å². The van der Waals surface area contributed by atoms with Crippen LogP contribution in [0.15, 0.2) is 30.3 Å². The first-order valence-electron chi connectivity index (χ1n) is 5.93. The van der Waals surface area contributed by atoms with Gasteiger partial charge in [0.25, 0.3) is 0 Å². The van der Waals surface area contributed by atoms with Crippen LogP contribution in [0.3, 0.4) is 0 Å². The Hall–Kier alpha value is -1.08. The predicted molar refractivity (Wildman–Crippen MR) is 70.4 cm³/mol. The summed E-state index contributed by atoms with van der Waals surface area (Å²) in [5.74, 6) is 0. The number of aryl methyl sites for hydroxylation is 1. The fraction of sp³-hybridized carbons (Fsp3) is 0.467. The summed E-state index contributed by atoms with van der Waals surface area (Å²) in [5.41, 5.74) is 2.01. The van der Waals surface area contributed by atoms with Crippen molar-refractivity contribution in [2.45, 2.75) is 45.6 Å². The van der Waals surface area contributed by atoms with Crippen LogP contribution in [0.2, 0.25) is 0 Å². The lowest BCUT2D eigenvalue weighted by Gasteiger charge is -2.15. The number of hydrogen-bond acceptors (Lipinski definition) is 1. The topological polar surface area (TPSA) is 20.2 Å². The van der Waals surface area contributed by atoms with Crippen LogP contribution in [0.4, 0.5) is 0 Å². The van der Waals surface area contributed by atoms with Crippen LogP contribution in [-0.2, 0) is 0 Å². The van der Waals surface area contributed by atoms with Gasteiger partial charge >= 0.3 is 0 Å². The maximum atomic E-state index is 9.55. The summed E-state index contributed by atoms with van der Waals surface area (Å²) in [4.78, 5) is 0. The number of benzene rings is 1. The Morgan fingerprint density at radius 3 is 2.69 bits per heavy atom. The summed E-state index contributed by atoms with van der Waals surface area (Å²) in [6, 6.07) is 8.46. The van der Waals surface area contributed by atoms with Gasteiger partial charge < -0.3 is 5.11 Å². The average molecular weight is 218 g/mol. The number of unbranched alkanes of at least 4 members (excludes halogenated alkanes) is 1. The molecule has 0 aliphatic rings. The molecular formula is C15H22O. The number of rotatable bonds is 5. The van der Waals surface area contributed by atoms with E-state index in [9.17, 15) is 5.11 Å². The highest BCUT2D eigenvalue weighted by atomic mass is 16.3. The third-order valence-corrected chi connectivity index (χ3v) is 2.51. The van der Waals surface area contributed by atoms with Crippen LogP contribution >= 0.6 is 0 Å². The van der Waals surface area contributed by atoms with Crippen molar-refractivity contribution in [2.24, 2.45) is 0 Å². The molecule has 16 heavy (non-hydrogen) atoms. The third-order valence-electron chi connectivity index (χ3n) is 2.51. The molecule has 0 saturated carbocycles. The molecule has 1 heteroatoms. The van der Waals surface area contributed by atoms with Gasteiger partial charge in [-0.25, -0.2) is 0 Å². The van der Waals surface area contributed by atoms with E-state index < -0.39 is 5.60 Å². The van der Waals surface area contributed by atoms with Crippen molar-refractivity contribution in [3.05, 3.63) is 41.5 Å². The Balaban J connectivity index is 2.33. The highest BCUT2D eigenvalue weighted by molar-refractivity contribution is 5.49. The summed E-state index contributed by atoms with van der Waals surface area (Å²) < 4.78 is 0. The molecular weight excluding hydrogens is 196 g/mol. The molecule has 0 saturated heterocycles. The Morgan fingerprint density at radius 2 is 2.06 bits per heavy atom. The minimum atomic E-state index is -0.531. The van der Waals surface area contributed by atoms with Gasteiger partial charge in [0.1, 0.15) is 0 Å². The fourth-order valence-corrected chi connectivity index (χ4v) is 1.65. The molecule has 0 radical (unpaired) electrons. The molecule has 0 bridgehead atoms. The van der Waals surface area contributed by atoms with E-state index in [1.54, 1.807) is 0 Å². The van der Waals surface area contributed by atoms with Gasteiger partial charge in [0.05, 0.1) is 5.60 Å². The molecule has 0 unspecified atom stereocenters. The molecule has 1 rings (SSSR count). The zero-order chi connectivity index (χ0) is 12.0. The summed E-state index contributed by atoms with van der Waals surface area (Å²) in [5, 5.41) is 9.55. The zero-order valence-corrected chi connectivity index (χ0v) is 10.5. The van der Waals surface area contributed by atoms with E-state index in [0.717, 1.165) is 19.3 Å². The molecule has 88 valence electrons. The summed E-state index contributed by atoms with van der Waals surface area (Å²) >= 11 is 0. The minimum Gasteiger partial charge on any atom is -0.390 e. The van der Waals surface area contributed by atoms with Crippen molar-refractivity contribution in [3.63, 3.8) is 0 Å². The van der Waals surface area contributed by atoms with E-state index in [1.807, 2.05) is 13.8 Å². The second-order valence-corrected chi connectivity index (χ2v) is 5.02. The lowest BCUT2D eigenvalue weighted by atomic mass is 10.0. The molecule has 0 aliphatic heterocycles. The van der Waals surface area contributed by atoms with Crippen molar-refractivity contribution in [3.8, 4) is 0 Å². The Bertz CT molecular complexity index is 345. The largest absolute Gasteiger partial charge is 0.390 e. The van der Waals surface area contributed by atoms with Gasteiger partial charge in [0, 0.05) is 0 Å². The molecule has 1 N–H and O–H groups in total. The molecule has 0 amide bonds. The van der Waals surface area contributed by atoms with E-state index in [1.165, 1.54) is 11.1 Å². The van der Waals surface area contributed by atoms with Crippen LogP contribution in [0.1, 0.15) is 44.2 Å². The maximum absolute atomic E-state index is 9.55. The van der Waals surface area contributed by atoms with Crippen LogP contribution < -0.4 is 0 Å². The quantitative estimate of drug-likeness (QED) is 0.742. The standard InChI is InChI=1S/C15H22O/c1-13-8-7-10-14(12-13)9-5-4-6-11-15(2,3)16/h5,7-10,12,16H,4,6,11H2,1-3H3/b9-5+. The Kier molecular flexibility index (Phi) is 4.75. The predicted octanol–water partition coefficient (Wildman–Crippen LogP) is 3.95. The normalized spacial score (nSPS) is 12.2. The molecule has 1 aromatic rings. The van der Waals surface area contributed by atoms with Gasteiger partial charge in [-0.1, -0.05) is 42.0 Å². The average Bonchev–Trinajstić information content (AvgIpc) is 2.15. The first kappa shape index (κ1) is 13.0. The van der Waals surface area contributed by atoms with Crippen molar-refractivity contribution < 1.29 is 5.11 Å². The van der Waals surface area contributed by atoms with E-state index in [2.05, 4.69) is 43.3 Å². The van der Waals surface area contributed by atoms with Gasteiger partial charge in [0.15, 0.2) is 0 Å². The van der Waals surface area contributed by atoms with Gasteiger partial charge in [-0.15, -0.1) is 0 Å². The second kappa shape index (κ2) is 5.86. The SMILES string of the molecule is Cc1cccc(/C=C/CCCC(C)(C)O)c1. The third kappa shape index (κ3) is 5.72. The van der Waals surface area contributed by atoms with Gasteiger partial charge in [-0.2, -0.15) is 0 Å². The van der Waals surface area contributed by atoms with Gasteiger partial charge in [-0.05, 0) is 45.6 Å². The first-order valence-corrected chi connectivity index (χ1v) is 5.93. The Morgan fingerprint density at radius 1 is 1.31 bits per heavy atom. The fourth-order valence-electron chi connectivity index (χ4n) is 1.65. The van der Waals surface area contributed by atoms with E-state index in [0.29, 0.717) is 0 Å². The van der Waals surface area contributed by atoms with Crippen LogP contribution in [0.25, 0.3) is 6.08 Å². The Labute approximate surface area is 98.8 Å². The number of aliphatic hydroxyl groups is 1. The van der Waals surface area contributed by atoms with Crippen molar-refractivity contribution in [2.75, 3.05) is 0 Å².